The summed E-state index contributed by atoms with van der Waals surface area (Å²) >= 11 is 1.77. The lowest BCUT2D eigenvalue weighted by Gasteiger charge is -2.32. The van der Waals surface area contributed by atoms with Gasteiger partial charge in [-0.25, -0.2) is 15.0 Å². The van der Waals surface area contributed by atoms with Gasteiger partial charge in [0.2, 0.25) is 0 Å². The molecule has 4 aromatic heterocycles. The van der Waals surface area contributed by atoms with Crippen LogP contribution < -0.4 is 0 Å². The van der Waals surface area contributed by atoms with Crippen molar-refractivity contribution < 1.29 is 8.83 Å². The molecule has 0 fully saturated rings. The van der Waals surface area contributed by atoms with E-state index >= 15 is 0 Å². The highest BCUT2D eigenvalue weighted by Crippen LogP contribution is 2.65. The topological polar surface area (TPSA) is 65.0 Å². The first-order chi connectivity index (χ1) is 34.7. The van der Waals surface area contributed by atoms with E-state index in [1.54, 1.807) is 11.3 Å². The van der Waals surface area contributed by atoms with Crippen LogP contribution in [0.1, 0.15) is 22.3 Å². The summed E-state index contributed by atoms with van der Waals surface area (Å²) in [4.78, 5) is 16.9. The van der Waals surface area contributed by atoms with Crippen molar-refractivity contribution in [2.24, 2.45) is 0 Å². The minimum absolute atomic E-state index is 0.560. The lowest BCUT2D eigenvalue weighted by atomic mass is 9.68. The average molecular weight is 910 g/mol. The Balaban J connectivity index is 1.06. The van der Waals surface area contributed by atoms with Crippen molar-refractivity contribution in [1.29, 1.82) is 0 Å². The van der Waals surface area contributed by atoms with Crippen LogP contribution in [0.2, 0.25) is 0 Å². The molecule has 0 radical (unpaired) electrons. The highest BCUT2D eigenvalue weighted by Gasteiger charge is 2.52. The van der Waals surface area contributed by atoms with Gasteiger partial charge >= 0.3 is 0 Å². The van der Waals surface area contributed by atoms with Gasteiger partial charge in [0.25, 0.3) is 0 Å². The molecule has 2 aliphatic rings. The molecule has 5 nitrogen and oxygen atoms in total. The van der Waals surface area contributed by atoms with E-state index in [4.69, 9.17) is 23.8 Å². The normalized spacial score (nSPS) is 13.3. The minimum atomic E-state index is -0.593. The molecule has 0 bridgehead atoms. The molecule has 0 aliphatic heterocycles. The zero-order valence-electron chi connectivity index (χ0n) is 37.3. The van der Waals surface area contributed by atoms with Crippen LogP contribution in [0, 0.1) is 0 Å². The molecule has 70 heavy (non-hydrogen) atoms. The summed E-state index contributed by atoms with van der Waals surface area (Å²) in [6, 6.07) is 76.0. The van der Waals surface area contributed by atoms with Gasteiger partial charge in [-0.15, -0.1) is 11.3 Å². The maximum Gasteiger partial charge on any atom is 0.165 e. The van der Waals surface area contributed by atoms with E-state index in [0.29, 0.717) is 17.5 Å². The van der Waals surface area contributed by atoms with Gasteiger partial charge in [0.05, 0.1) is 5.41 Å². The first-order valence-corrected chi connectivity index (χ1v) is 24.5. The summed E-state index contributed by atoms with van der Waals surface area (Å²) in [5.41, 5.74) is 17.5. The fourth-order valence-electron chi connectivity index (χ4n) is 12.3. The van der Waals surface area contributed by atoms with Crippen molar-refractivity contribution in [2.75, 3.05) is 0 Å². The predicted molar refractivity (Wildman–Crippen MR) is 285 cm³/mol. The maximum absolute atomic E-state index is 6.77. The summed E-state index contributed by atoms with van der Waals surface area (Å²) in [7, 11) is 0. The third kappa shape index (κ3) is 4.97. The van der Waals surface area contributed by atoms with Gasteiger partial charge in [-0.2, -0.15) is 0 Å². The molecule has 1 spiro atoms. The monoisotopic (exact) mass is 909 g/mol. The number of rotatable bonds is 4. The quantitative estimate of drug-likeness (QED) is 0.176. The van der Waals surface area contributed by atoms with Gasteiger partial charge in [-0.3, -0.25) is 0 Å². The zero-order valence-corrected chi connectivity index (χ0v) is 38.1. The molecule has 0 saturated heterocycles. The number of para-hydroxylation sites is 2. The number of aromatic nitrogens is 3. The number of hydrogen-bond donors (Lipinski definition) is 0. The molecule has 4 heterocycles. The smallest absolute Gasteiger partial charge is 0.165 e. The largest absolute Gasteiger partial charge is 0.456 e. The predicted octanol–water partition coefficient (Wildman–Crippen LogP) is 17.0. The molecule has 0 saturated carbocycles. The van der Waals surface area contributed by atoms with Gasteiger partial charge in [0.15, 0.2) is 17.5 Å². The van der Waals surface area contributed by atoms with Gasteiger partial charge < -0.3 is 8.83 Å². The molecule has 0 unspecified atom stereocenters. The molecule has 14 aromatic rings. The molecular formula is C64H35N3O2S. The lowest BCUT2D eigenvalue weighted by Crippen LogP contribution is -2.26. The summed E-state index contributed by atoms with van der Waals surface area (Å²) < 4.78 is 15.6. The van der Waals surface area contributed by atoms with Crippen LogP contribution in [0.3, 0.4) is 0 Å². The third-order valence-electron chi connectivity index (χ3n) is 15.0. The second kappa shape index (κ2) is 14.0. The highest BCUT2D eigenvalue weighted by molar-refractivity contribution is 7.26. The van der Waals surface area contributed by atoms with Crippen molar-refractivity contribution in [3.05, 3.63) is 235 Å². The van der Waals surface area contributed by atoms with E-state index in [-0.39, 0.29) is 0 Å². The van der Waals surface area contributed by atoms with Crippen molar-refractivity contribution in [3.63, 3.8) is 0 Å². The van der Waals surface area contributed by atoms with E-state index in [9.17, 15) is 0 Å². The molecular weight excluding hydrogens is 875 g/mol. The molecule has 324 valence electrons. The Morgan fingerprint density at radius 2 is 0.771 bits per heavy atom. The second-order valence-corrected chi connectivity index (χ2v) is 19.5. The number of thiophene rings is 1. The van der Waals surface area contributed by atoms with E-state index < -0.39 is 5.41 Å². The summed E-state index contributed by atoms with van der Waals surface area (Å²) in [5, 5.41) is 6.32. The standard InChI is InChI=1S/C64H35N3O2S/c1-7-27-48-36(16-1)37-17-2-8-28-49(37)64(48)50-29-9-3-18-38(50)41-22-13-23-42(59(41)64)40-34-35-54-57(45-21-5-11-31-52(45)69-54)58(40)63-66-61(46-25-15-32-53-56(46)44-20-4-10-30-51(44)68-53)65-62(67-63)47-26-14-24-43-39-19-6-12-33-55(39)70-60(43)47/h1-35H. The maximum atomic E-state index is 6.77. The van der Waals surface area contributed by atoms with E-state index in [2.05, 4.69) is 176 Å². The number of furan rings is 2. The Bertz CT molecular complexity index is 4510. The Morgan fingerprint density at radius 1 is 0.314 bits per heavy atom. The van der Waals surface area contributed by atoms with Crippen LogP contribution in [-0.2, 0) is 5.41 Å². The van der Waals surface area contributed by atoms with Gasteiger partial charge in [0, 0.05) is 58.4 Å². The fraction of sp³-hybridized carbons (Fsp3) is 0.0156. The van der Waals surface area contributed by atoms with E-state index in [0.717, 1.165) is 76.4 Å². The second-order valence-electron chi connectivity index (χ2n) is 18.4. The van der Waals surface area contributed by atoms with Crippen LogP contribution in [-0.4, -0.2) is 15.0 Å². The Kier molecular flexibility index (Phi) is 7.63. The highest BCUT2D eigenvalue weighted by atomic mass is 32.1. The van der Waals surface area contributed by atoms with Gasteiger partial charge in [-0.05, 0) is 98.1 Å². The fourth-order valence-corrected chi connectivity index (χ4v) is 13.5. The molecule has 16 rings (SSSR count). The molecule has 6 heteroatoms. The van der Waals surface area contributed by atoms with Crippen LogP contribution >= 0.6 is 11.3 Å². The average Bonchev–Trinajstić information content (AvgIpc) is 4.23. The van der Waals surface area contributed by atoms with E-state index in [1.165, 1.54) is 60.0 Å². The number of nitrogens with zero attached hydrogens (tertiary/aromatic N) is 3. The van der Waals surface area contributed by atoms with Crippen LogP contribution in [0.4, 0.5) is 0 Å². The van der Waals surface area contributed by atoms with Crippen molar-refractivity contribution in [1.82, 2.24) is 15.0 Å². The van der Waals surface area contributed by atoms with Gasteiger partial charge in [0.1, 0.15) is 22.3 Å². The Labute approximate surface area is 404 Å². The Morgan fingerprint density at radius 3 is 1.49 bits per heavy atom. The SMILES string of the molecule is c1ccc2c(c1)-c1ccccc1C21c2ccccc2-c2cccc(-c3ccc4oc5ccccc5c4c3-c3nc(-c4cccc5c4sc4ccccc45)nc(-c4cccc5oc6ccccc6c45)n3)c21. The molecule has 2 aliphatic carbocycles. The third-order valence-corrected chi connectivity index (χ3v) is 16.2. The van der Waals surface area contributed by atoms with Crippen molar-refractivity contribution in [3.8, 4) is 67.5 Å². The van der Waals surface area contributed by atoms with Crippen molar-refractivity contribution in [2.45, 2.75) is 5.41 Å². The van der Waals surface area contributed by atoms with E-state index in [1.807, 2.05) is 36.4 Å². The number of benzene rings is 10. The summed E-state index contributed by atoms with van der Waals surface area (Å²) in [6.45, 7) is 0. The lowest BCUT2D eigenvalue weighted by molar-refractivity contribution is 0.668. The summed E-state index contributed by atoms with van der Waals surface area (Å²) in [6.07, 6.45) is 0. The first-order valence-electron chi connectivity index (χ1n) is 23.7. The van der Waals surface area contributed by atoms with Crippen molar-refractivity contribution >= 4 is 75.4 Å². The molecule has 10 aromatic carbocycles. The Hall–Kier alpha value is -8.97. The minimum Gasteiger partial charge on any atom is -0.456 e. The molecule has 0 atom stereocenters. The first kappa shape index (κ1) is 38.0. The van der Waals surface area contributed by atoms with Crippen LogP contribution in [0.25, 0.3) is 132 Å². The van der Waals surface area contributed by atoms with Gasteiger partial charge in [-0.1, -0.05) is 170 Å². The number of hydrogen-bond acceptors (Lipinski definition) is 6. The zero-order chi connectivity index (χ0) is 45.7. The molecule has 0 N–H and O–H groups in total. The molecule has 0 amide bonds. The van der Waals surface area contributed by atoms with Crippen LogP contribution in [0.5, 0.6) is 0 Å². The van der Waals surface area contributed by atoms with Crippen LogP contribution in [0.15, 0.2) is 221 Å². The summed E-state index contributed by atoms with van der Waals surface area (Å²) in [5.74, 6) is 1.72. The number of fused-ring (bicyclic) bond motifs is 19.